The molecule has 0 saturated carbocycles. The van der Waals surface area contributed by atoms with Crippen LogP contribution in [0.5, 0.6) is 5.75 Å². The molecule has 0 aliphatic heterocycles. The van der Waals surface area contributed by atoms with E-state index in [-0.39, 0.29) is 5.91 Å². The highest BCUT2D eigenvalue weighted by Gasteiger charge is 2.06. The first-order chi connectivity index (χ1) is 12.2. The van der Waals surface area contributed by atoms with Crippen LogP contribution in [-0.4, -0.2) is 28.9 Å². The van der Waals surface area contributed by atoms with Crippen molar-refractivity contribution in [3.63, 3.8) is 0 Å². The van der Waals surface area contributed by atoms with Gasteiger partial charge in [-0.25, -0.2) is 4.98 Å². The van der Waals surface area contributed by atoms with E-state index in [1.54, 1.807) is 7.11 Å². The minimum Gasteiger partial charge on any atom is -0.497 e. The van der Waals surface area contributed by atoms with Gasteiger partial charge in [-0.15, -0.1) is 0 Å². The second-order valence-electron chi connectivity index (χ2n) is 6.10. The van der Waals surface area contributed by atoms with Gasteiger partial charge in [0.05, 0.1) is 12.8 Å². The molecule has 0 aliphatic rings. The summed E-state index contributed by atoms with van der Waals surface area (Å²) in [6.07, 6.45) is 5.95. The number of rotatable bonds is 7. The molecule has 5 nitrogen and oxygen atoms in total. The van der Waals surface area contributed by atoms with Crippen molar-refractivity contribution in [2.45, 2.75) is 26.2 Å². The first kappa shape index (κ1) is 17.0. The van der Waals surface area contributed by atoms with Crippen molar-refractivity contribution < 1.29 is 9.53 Å². The summed E-state index contributed by atoms with van der Waals surface area (Å²) in [4.78, 5) is 16.6. The van der Waals surface area contributed by atoms with E-state index in [0.717, 1.165) is 41.1 Å². The molecule has 2 heterocycles. The Hall–Kier alpha value is -2.82. The van der Waals surface area contributed by atoms with E-state index >= 15 is 0 Å². The Bertz CT molecular complexity index is 853. The van der Waals surface area contributed by atoms with Gasteiger partial charge in [0.1, 0.15) is 11.4 Å². The maximum Gasteiger partial charge on any atom is 0.220 e. The van der Waals surface area contributed by atoms with Gasteiger partial charge in [0.25, 0.3) is 0 Å². The van der Waals surface area contributed by atoms with Crippen LogP contribution in [0.1, 0.15) is 23.2 Å². The van der Waals surface area contributed by atoms with Crippen LogP contribution in [0.3, 0.4) is 0 Å². The highest BCUT2D eigenvalue weighted by Crippen LogP contribution is 2.13. The summed E-state index contributed by atoms with van der Waals surface area (Å²) in [5, 5.41) is 2.97. The number of ether oxygens (including phenoxy) is 1. The Kier molecular flexibility index (Phi) is 5.33. The molecule has 0 fully saturated rings. The van der Waals surface area contributed by atoms with E-state index in [0.29, 0.717) is 13.0 Å². The van der Waals surface area contributed by atoms with Crippen LogP contribution in [0, 0.1) is 6.92 Å². The monoisotopic (exact) mass is 337 g/mol. The van der Waals surface area contributed by atoms with Crippen molar-refractivity contribution in [1.82, 2.24) is 14.7 Å². The topological polar surface area (TPSA) is 55.6 Å². The molecule has 5 heteroatoms. The van der Waals surface area contributed by atoms with Crippen LogP contribution >= 0.6 is 0 Å². The van der Waals surface area contributed by atoms with Crippen molar-refractivity contribution >= 4 is 11.6 Å². The number of carbonyl (C=O) groups is 1. The predicted octanol–water partition coefficient (Wildman–Crippen LogP) is 2.94. The number of nitrogens with zero attached hydrogens (tertiary/aromatic N) is 2. The number of nitrogens with one attached hydrogen (secondary N) is 1. The molecule has 0 aliphatic carbocycles. The van der Waals surface area contributed by atoms with Gasteiger partial charge in [0.15, 0.2) is 0 Å². The number of benzene rings is 1. The summed E-state index contributed by atoms with van der Waals surface area (Å²) in [6, 6.07) is 11.9. The quantitative estimate of drug-likeness (QED) is 0.721. The highest BCUT2D eigenvalue weighted by atomic mass is 16.5. The van der Waals surface area contributed by atoms with Crippen molar-refractivity contribution in [2.24, 2.45) is 0 Å². The molecule has 0 spiro atoms. The first-order valence-corrected chi connectivity index (χ1v) is 8.48. The summed E-state index contributed by atoms with van der Waals surface area (Å²) < 4.78 is 7.16. The van der Waals surface area contributed by atoms with Crippen LogP contribution < -0.4 is 10.1 Å². The van der Waals surface area contributed by atoms with Gasteiger partial charge in [-0.1, -0.05) is 18.2 Å². The summed E-state index contributed by atoms with van der Waals surface area (Å²) in [5.74, 6) is 0.895. The lowest BCUT2D eigenvalue weighted by molar-refractivity contribution is -0.121. The van der Waals surface area contributed by atoms with Crippen LogP contribution in [0.15, 0.2) is 48.8 Å². The second-order valence-corrected chi connectivity index (χ2v) is 6.10. The van der Waals surface area contributed by atoms with Gasteiger partial charge >= 0.3 is 0 Å². The third-order valence-corrected chi connectivity index (χ3v) is 4.23. The largest absolute Gasteiger partial charge is 0.497 e. The predicted molar refractivity (Wildman–Crippen MR) is 98.0 cm³/mol. The molecule has 3 aromatic rings. The maximum absolute atomic E-state index is 12.0. The zero-order chi connectivity index (χ0) is 17.6. The van der Waals surface area contributed by atoms with E-state index in [1.165, 1.54) is 0 Å². The fourth-order valence-corrected chi connectivity index (χ4v) is 2.79. The van der Waals surface area contributed by atoms with E-state index in [9.17, 15) is 4.79 Å². The van der Waals surface area contributed by atoms with Gasteiger partial charge in [-0.05, 0) is 42.7 Å². The van der Waals surface area contributed by atoms with Gasteiger partial charge in [0.2, 0.25) is 5.91 Å². The van der Waals surface area contributed by atoms with E-state index in [1.807, 2.05) is 60.1 Å². The summed E-state index contributed by atoms with van der Waals surface area (Å²) in [7, 11) is 1.65. The SMILES string of the molecule is COc1ccc(CCC(=O)NCCc2cn3cccc(C)c3n2)cc1. The summed E-state index contributed by atoms with van der Waals surface area (Å²) >= 11 is 0. The Morgan fingerprint density at radius 2 is 2.00 bits per heavy atom. The summed E-state index contributed by atoms with van der Waals surface area (Å²) in [5.41, 5.74) is 4.25. The Labute approximate surface area is 147 Å². The van der Waals surface area contributed by atoms with E-state index in [2.05, 4.69) is 10.3 Å². The molecule has 1 amide bonds. The van der Waals surface area contributed by atoms with E-state index in [4.69, 9.17) is 4.74 Å². The molecule has 0 radical (unpaired) electrons. The zero-order valence-electron chi connectivity index (χ0n) is 14.7. The molecule has 0 bridgehead atoms. The second kappa shape index (κ2) is 7.83. The van der Waals surface area contributed by atoms with Crippen molar-refractivity contribution in [3.05, 3.63) is 65.6 Å². The number of amides is 1. The highest BCUT2D eigenvalue weighted by molar-refractivity contribution is 5.76. The molecule has 1 N–H and O–H groups in total. The first-order valence-electron chi connectivity index (χ1n) is 8.48. The number of hydrogen-bond acceptors (Lipinski definition) is 3. The lowest BCUT2D eigenvalue weighted by Gasteiger charge is -2.05. The van der Waals surface area contributed by atoms with Gasteiger partial charge in [-0.3, -0.25) is 4.79 Å². The smallest absolute Gasteiger partial charge is 0.220 e. The van der Waals surface area contributed by atoms with Crippen LogP contribution in [0.2, 0.25) is 0 Å². The Morgan fingerprint density at radius 3 is 2.72 bits per heavy atom. The molecular formula is C20H23N3O2. The van der Waals surface area contributed by atoms with Crippen molar-refractivity contribution in [1.29, 1.82) is 0 Å². The molecule has 3 rings (SSSR count). The standard InChI is InChI=1S/C20H23N3O2/c1-15-4-3-13-23-14-17(22-20(15)23)11-12-21-19(24)10-7-16-5-8-18(25-2)9-6-16/h3-6,8-9,13-14H,7,10-12H2,1-2H3,(H,21,24). The minimum atomic E-state index is 0.0655. The number of pyridine rings is 1. The van der Waals surface area contributed by atoms with Crippen LogP contribution in [-0.2, 0) is 17.6 Å². The minimum absolute atomic E-state index is 0.0655. The molecule has 0 atom stereocenters. The molecule has 0 saturated heterocycles. The third kappa shape index (κ3) is 4.38. The van der Waals surface area contributed by atoms with Gasteiger partial charge in [-0.2, -0.15) is 0 Å². The number of imidazole rings is 1. The lowest BCUT2D eigenvalue weighted by Crippen LogP contribution is -2.25. The maximum atomic E-state index is 12.0. The third-order valence-electron chi connectivity index (χ3n) is 4.23. The molecule has 0 unspecified atom stereocenters. The number of aromatic nitrogens is 2. The van der Waals surface area contributed by atoms with Crippen molar-refractivity contribution in [2.75, 3.05) is 13.7 Å². The number of hydrogen-bond donors (Lipinski definition) is 1. The average molecular weight is 337 g/mol. The molecule has 2 aromatic heterocycles. The molecule has 130 valence electrons. The summed E-state index contributed by atoms with van der Waals surface area (Å²) in [6.45, 7) is 2.65. The van der Waals surface area contributed by atoms with Crippen molar-refractivity contribution in [3.8, 4) is 5.75 Å². The number of methoxy groups -OCH3 is 1. The number of carbonyl (C=O) groups excluding carboxylic acids is 1. The lowest BCUT2D eigenvalue weighted by atomic mass is 10.1. The molecule has 25 heavy (non-hydrogen) atoms. The van der Waals surface area contributed by atoms with E-state index < -0.39 is 0 Å². The number of fused-ring (bicyclic) bond motifs is 1. The normalized spacial score (nSPS) is 10.8. The molecular weight excluding hydrogens is 314 g/mol. The number of aryl methyl sites for hydroxylation is 2. The fraction of sp³-hybridized carbons (Fsp3) is 0.300. The average Bonchev–Trinajstić information content (AvgIpc) is 3.05. The fourth-order valence-electron chi connectivity index (χ4n) is 2.79. The zero-order valence-corrected chi connectivity index (χ0v) is 14.7. The van der Waals surface area contributed by atoms with Gasteiger partial charge < -0.3 is 14.5 Å². The van der Waals surface area contributed by atoms with Crippen LogP contribution in [0.25, 0.3) is 5.65 Å². The Balaban J connectivity index is 1.44. The Morgan fingerprint density at radius 1 is 1.20 bits per heavy atom. The molecule has 1 aromatic carbocycles. The van der Waals surface area contributed by atoms with Crippen LogP contribution in [0.4, 0.5) is 0 Å². The van der Waals surface area contributed by atoms with Gasteiger partial charge in [0, 0.05) is 31.8 Å².